The number of benzene rings is 2. The van der Waals surface area contributed by atoms with Crippen LogP contribution in [-0.2, 0) is 14.8 Å². The third-order valence-electron chi connectivity index (χ3n) is 5.51. The van der Waals surface area contributed by atoms with Gasteiger partial charge in [-0.05, 0) is 50.5 Å². The number of amides is 1. The quantitative estimate of drug-likeness (QED) is 0.473. The van der Waals surface area contributed by atoms with Crippen LogP contribution in [0.1, 0.15) is 37.1 Å². The number of aryl methyl sites for hydroxylation is 1. The summed E-state index contributed by atoms with van der Waals surface area (Å²) in [5, 5.41) is 9.76. The third-order valence-corrected chi connectivity index (χ3v) is 7.43. The number of sulfonamides is 1. The molecular formula is C24H28N4O5S. The van der Waals surface area contributed by atoms with Crippen LogP contribution in [0, 0.1) is 6.92 Å². The summed E-state index contributed by atoms with van der Waals surface area (Å²) in [6.45, 7) is 4.84. The van der Waals surface area contributed by atoms with E-state index in [0.29, 0.717) is 48.3 Å². The predicted molar refractivity (Wildman–Crippen MR) is 128 cm³/mol. The van der Waals surface area contributed by atoms with E-state index in [1.54, 1.807) is 32.0 Å². The average Bonchev–Trinajstić information content (AvgIpc) is 3.51. The van der Waals surface area contributed by atoms with Gasteiger partial charge in [-0.15, -0.1) is 0 Å². The standard InChI is InChI=1S/C24H28N4O5S/c1-3-32-20-12-11-19(16-21(20)34(30,31)28-13-7-8-14-28)25-23(18-9-5-4-6-10-18)24(29)26-22-15-17(2)33-27-22/h4-6,9-12,15-16,23,25H,3,7-8,13-14H2,1-2H3,(H,26,27,29)/t23-/m0/s1. The van der Waals surface area contributed by atoms with Crippen molar-refractivity contribution < 1.29 is 22.5 Å². The Hall–Kier alpha value is -3.37. The van der Waals surface area contributed by atoms with Gasteiger partial charge in [0.1, 0.15) is 22.4 Å². The molecule has 1 saturated heterocycles. The van der Waals surface area contributed by atoms with Crippen LogP contribution in [0.25, 0.3) is 0 Å². The molecule has 0 radical (unpaired) electrons. The van der Waals surface area contributed by atoms with E-state index in [1.165, 1.54) is 10.4 Å². The second kappa shape index (κ2) is 10.3. The molecule has 1 aromatic heterocycles. The van der Waals surface area contributed by atoms with Crippen LogP contribution in [-0.4, -0.2) is 43.5 Å². The molecule has 180 valence electrons. The summed E-state index contributed by atoms with van der Waals surface area (Å²) in [6, 6.07) is 14.8. The van der Waals surface area contributed by atoms with Crippen molar-refractivity contribution in [2.24, 2.45) is 0 Å². The molecule has 3 aromatic rings. The topological polar surface area (TPSA) is 114 Å². The number of nitrogens with zero attached hydrogens (tertiary/aromatic N) is 2. The van der Waals surface area contributed by atoms with Crippen LogP contribution in [0.4, 0.5) is 11.5 Å². The lowest BCUT2D eigenvalue weighted by atomic mass is 10.1. The van der Waals surface area contributed by atoms with E-state index in [4.69, 9.17) is 9.26 Å². The Kier molecular flexibility index (Phi) is 7.18. The molecule has 0 aliphatic carbocycles. The van der Waals surface area contributed by atoms with Gasteiger partial charge in [0.15, 0.2) is 5.82 Å². The van der Waals surface area contributed by atoms with Crippen molar-refractivity contribution >= 4 is 27.4 Å². The number of anilines is 2. The number of nitrogens with one attached hydrogen (secondary N) is 2. The number of hydrogen-bond acceptors (Lipinski definition) is 7. The van der Waals surface area contributed by atoms with E-state index >= 15 is 0 Å². The van der Waals surface area contributed by atoms with Crippen molar-refractivity contribution in [3.63, 3.8) is 0 Å². The van der Waals surface area contributed by atoms with Crippen LogP contribution in [0.2, 0.25) is 0 Å². The Morgan fingerprint density at radius 2 is 1.88 bits per heavy atom. The number of carbonyl (C=O) groups is 1. The Labute approximate surface area is 199 Å². The summed E-state index contributed by atoms with van der Waals surface area (Å²) in [5.41, 5.74) is 1.18. The van der Waals surface area contributed by atoms with Crippen molar-refractivity contribution in [3.05, 3.63) is 65.9 Å². The van der Waals surface area contributed by atoms with Gasteiger partial charge in [0.05, 0.1) is 6.61 Å². The van der Waals surface area contributed by atoms with Gasteiger partial charge in [0.25, 0.3) is 5.91 Å². The van der Waals surface area contributed by atoms with E-state index in [1.807, 2.05) is 30.3 Å². The fourth-order valence-corrected chi connectivity index (χ4v) is 5.55. The first-order chi connectivity index (χ1) is 16.4. The summed E-state index contributed by atoms with van der Waals surface area (Å²) >= 11 is 0. The number of hydrogen-bond donors (Lipinski definition) is 2. The fraction of sp³-hybridized carbons (Fsp3) is 0.333. The summed E-state index contributed by atoms with van der Waals surface area (Å²) < 4.78 is 38.8. The molecule has 10 heteroatoms. The molecule has 9 nitrogen and oxygen atoms in total. The lowest BCUT2D eigenvalue weighted by Gasteiger charge is -2.22. The van der Waals surface area contributed by atoms with Gasteiger partial charge in [-0.3, -0.25) is 4.79 Å². The van der Waals surface area contributed by atoms with Gasteiger partial charge in [0.2, 0.25) is 10.0 Å². The monoisotopic (exact) mass is 484 g/mol. The second-order valence-corrected chi connectivity index (χ2v) is 9.91. The fourth-order valence-electron chi connectivity index (χ4n) is 3.88. The molecular weight excluding hydrogens is 456 g/mol. The van der Waals surface area contributed by atoms with Gasteiger partial charge in [-0.2, -0.15) is 4.31 Å². The average molecular weight is 485 g/mol. The zero-order chi connectivity index (χ0) is 24.1. The normalized spacial score (nSPS) is 15.1. The number of ether oxygens (including phenoxy) is 1. The lowest BCUT2D eigenvalue weighted by molar-refractivity contribution is -0.117. The molecule has 1 aliphatic rings. The first-order valence-corrected chi connectivity index (χ1v) is 12.6. The minimum atomic E-state index is -3.74. The van der Waals surface area contributed by atoms with E-state index in [9.17, 15) is 13.2 Å². The highest BCUT2D eigenvalue weighted by Gasteiger charge is 2.31. The number of rotatable bonds is 9. The summed E-state index contributed by atoms with van der Waals surface area (Å²) in [4.78, 5) is 13.3. The highest BCUT2D eigenvalue weighted by Crippen LogP contribution is 2.33. The Bertz CT molecular complexity index is 1240. The van der Waals surface area contributed by atoms with Gasteiger partial charge < -0.3 is 19.9 Å². The van der Waals surface area contributed by atoms with Crippen molar-refractivity contribution in [3.8, 4) is 5.75 Å². The molecule has 1 fully saturated rings. The lowest BCUT2D eigenvalue weighted by Crippen LogP contribution is -2.29. The van der Waals surface area contributed by atoms with Crippen LogP contribution in [0.3, 0.4) is 0 Å². The summed E-state index contributed by atoms with van der Waals surface area (Å²) in [5.74, 6) is 0.799. The van der Waals surface area contributed by atoms with Crippen LogP contribution < -0.4 is 15.4 Å². The molecule has 0 unspecified atom stereocenters. The SMILES string of the molecule is CCOc1ccc(N[C@H](C(=O)Nc2cc(C)on2)c2ccccc2)cc1S(=O)(=O)N1CCCC1. The van der Waals surface area contributed by atoms with Crippen LogP contribution >= 0.6 is 0 Å². The van der Waals surface area contributed by atoms with Crippen molar-refractivity contribution in [1.29, 1.82) is 0 Å². The minimum Gasteiger partial charge on any atom is -0.492 e. The minimum absolute atomic E-state index is 0.0839. The maximum atomic E-state index is 13.3. The molecule has 1 amide bonds. The van der Waals surface area contributed by atoms with Gasteiger partial charge in [0, 0.05) is 24.8 Å². The van der Waals surface area contributed by atoms with Gasteiger partial charge >= 0.3 is 0 Å². The van der Waals surface area contributed by atoms with Crippen molar-refractivity contribution in [1.82, 2.24) is 9.46 Å². The molecule has 0 bridgehead atoms. The van der Waals surface area contributed by atoms with Crippen LogP contribution in [0.5, 0.6) is 5.75 Å². The van der Waals surface area contributed by atoms with E-state index in [2.05, 4.69) is 15.8 Å². The summed E-state index contributed by atoms with van der Waals surface area (Å²) in [6.07, 6.45) is 1.66. The smallest absolute Gasteiger partial charge is 0.252 e. The van der Waals surface area contributed by atoms with E-state index in [0.717, 1.165) is 12.8 Å². The molecule has 4 rings (SSSR count). The zero-order valence-electron chi connectivity index (χ0n) is 19.2. The molecule has 34 heavy (non-hydrogen) atoms. The maximum Gasteiger partial charge on any atom is 0.252 e. The Morgan fingerprint density at radius 1 is 1.15 bits per heavy atom. The molecule has 1 aliphatic heterocycles. The van der Waals surface area contributed by atoms with E-state index in [-0.39, 0.29) is 10.8 Å². The molecule has 0 saturated carbocycles. The van der Waals surface area contributed by atoms with Crippen molar-refractivity contribution in [2.75, 3.05) is 30.3 Å². The van der Waals surface area contributed by atoms with Crippen molar-refractivity contribution in [2.45, 2.75) is 37.6 Å². The molecule has 2 aromatic carbocycles. The molecule has 2 N–H and O–H groups in total. The summed E-state index contributed by atoms with van der Waals surface area (Å²) in [7, 11) is -3.74. The predicted octanol–water partition coefficient (Wildman–Crippen LogP) is 3.96. The van der Waals surface area contributed by atoms with Gasteiger partial charge in [-0.25, -0.2) is 8.42 Å². The zero-order valence-corrected chi connectivity index (χ0v) is 20.0. The largest absolute Gasteiger partial charge is 0.492 e. The number of aromatic nitrogens is 1. The highest BCUT2D eigenvalue weighted by molar-refractivity contribution is 7.89. The first kappa shape index (κ1) is 23.8. The van der Waals surface area contributed by atoms with Crippen LogP contribution in [0.15, 0.2) is 64.0 Å². The molecule has 0 spiro atoms. The second-order valence-electron chi connectivity index (χ2n) is 8.01. The maximum absolute atomic E-state index is 13.3. The Morgan fingerprint density at radius 3 is 2.53 bits per heavy atom. The first-order valence-electron chi connectivity index (χ1n) is 11.2. The molecule has 1 atom stereocenters. The third kappa shape index (κ3) is 5.23. The van der Waals surface area contributed by atoms with Gasteiger partial charge in [-0.1, -0.05) is 35.5 Å². The number of carbonyl (C=O) groups excluding carboxylic acids is 1. The molecule has 2 heterocycles. The Balaban J connectivity index is 1.67. The van der Waals surface area contributed by atoms with E-state index < -0.39 is 16.1 Å². The highest BCUT2D eigenvalue weighted by atomic mass is 32.2.